The van der Waals surface area contributed by atoms with Gasteiger partial charge in [-0.15, -0.1) is 0 Å². The molecule has 4 heteroatoms. The molecule has 0 aliphatic heterocycles. The average Bonchev–Trinajstić information content (AvgIpc) is 2.46. The van der Waals surface area contributed by atoms with Gasteiger partial charge < -0.3 is 4.90 Å². The van der Waals surface area contributed by atoms with E-state index in [9.17, 15) is 0 Å². The van der Waals surface area contributed by atoms with Crippen molar-refractivity contribution in [2.75, 3.05) is 18.5 Å². The van der Waals surface area contributed by atoms with Crippen LogP contribution in [0.3, 0.4) is 0 Å². The first-order chi connectivity index (χ1) is 9.89. The Bertz CT molecular complexity index is 587. The van der Waals surface area contributed by atoms with Crippen LogP contribution in [-0.2, 0) is 6.42 Å². The van der Waals surface area contributed by atoms with E-state index >= 15 is 0 Å². The smallest absolute Gasteiger partial charge is 0.161 e. The largest absolute Gasteiger partial charge is 0.359 e. The highest BCUT2D eigenvalue weighted by Crippen LogP contribution is 2.22. The van der Waals surface area contributed by atoms with Crippen molar-refractivity contribution >= 4 is 5.82 Å². The van der Waals surface area contributed by atoms with Gasteiger partial charge in [-0.3, -0.25) is 4.98 Å². The molecule has 0 aliphatic rings. The van der Waals surface area contributed by atoms with E-state index < -0.39 is 0 Å². The van der Waals surface area contributed by atoms with Crippen molar-refractivity contribution in [3.8, 4) is 11.4 Å². The molecule has 2 aromatic rings. The van der Waals surface area contributed by atoms with Crippen molar-refractivity contribution in [3.63, 3.8) is 0 Å². The number of hydrogen-bond donors (Lipinski definition) is 0. The molecule has 4 nitrogen and oxygen atoms in total. The Balaban J connectivity index is 2.39. The van der Waals surface area contributed by atoms with Gasteiger partial charge in [0.25, 0.3) is 0 Å². The molecular weight excluding hydrogens is 260 g/mol. The Kier molecular flexibility index (Phi) is 4.56. The molecule has 0 N–H and O–H groups in total. The van der Waals surface area contributed by atoms with Crippen molar-refractivity contribution in [3.05, 3.63) is 36.3 Å². The van der Waals surface area contributed by atoms with Gasteiger partial charge in [0.1, 0.15) is 5.82 Å². The van der Waals surface area contributed by atoms with Gasteiger partial charge in [0.2, 0.25) is 0 Å². The summed E-state index contributed by atoms with van der Waals surface area (Å²) in [5, 5.41) is 0. The molecule has 2 heterocycles. The summed E-state index contributed by atoms with van der Waals surface area (Å²) in [6.07, 6.45) is 4.45. The van der Waals surface area contributed by atoms with Gasteiger partial charge in [-0.1, -0.05) is 27.7 Å². The third-order valence-corrected chi connectivity index (χ3v) is 3.17. The second-order valence-electron chi connectivity index (χ2n) is 6.55. The lowest BCUT2D eigenvalue weighted by molar-refractivity contribution is 0.417. The van der Waals surface area contributed by atoms with Crippen LogP contribution in [0.2, 0.25) is 0 Å². The number of pyridine rings is 1. The molecule has 0 spiro atoms. The molecule has 0 unspecified atom stereocenters. The fraction of sp³-hybridized carbons (Fsp3) is 0.471. The summed E-state index contributed by atoms with van der Waals surface area (Å²) in [6.45, 7) is 9.76. The molecule has 0 saturated carbocycles. The average molecular weight is 284 g/mol. The Hall–Kier alpha value is -1.97. The number of rotatable bonds is 4. The zero-order valence-corrected chi connectivity index (χ0v) is 13.6. The number of aromatic nitrogens is 3. The van der Waals surface area contributed by atoms with E-state index in [0.29, 0.717) is 0 Å². The summed E-state index contributed by atoms with van der Waals surface area (Å²) in [5.74, 6) is 1.75. The molecule has 0 radical (unpaired) electrons. The van der Waals surface area contributed by atoms with Crippen LogP contribution in [0, 0.1) is 5.41 Å². The predicted molar refractivity (Wildman–Crippen MR) is 87.4 cm³/mol. The van der Waals surface area contributed by atoms with Gasteiger partial charge in [-0.2, -0.15) is 0 Å². The van der Waals surface area contributed by atoms with E-state index in [2.05, 4.69) is 55.7 Å². The van der Waals surface area contributed by atoms with Crippen LogP contribution in [0.5, 0.6) is 0 Å². The molecule has 2 aromatic heterocycles. The lowest BCUT2D eigenvalue weighted by Crippen LogP contribution is -2.30. The first-order valence-electron chi connectivity index (χ1n) is 7.38. The van der Waals surface area contributed by atoms with Gasteiger partial charge in [-0.05, 0) is 24.0 Å². The molecular formula is C17H24N4. The number of nitrogens with zero attached hydrogens (tertiary/aromatic N) is 4. The Labute approximate surface area is 127 Å². The van der Waals surface area contributed by atoms with Gasteiger partial charge in [0, 0.05) is 43.3 Å². The second-order valence-corrected chi connectivity index (χ2v) is 6.55. The highest BCUT2D eigenvalue weighted by Gasteiger charge is 2.16. The third-order valence-electron chi connectivity index (χ3n) is 3.17. The number of hydrogen-bond acceptors (Lipinski definition) is 4. The minimum atomic E-state index is 0.225. The summed E-state index contributed by atoms with van der Waals surface area (Å²) in [4.78, 5) is 15.6. The quantitative estimate of drug-likeness (QED) is 0.860. The molecule has 0 amide bonds. The highest BCUT2D eigenvalue weighted by atomic mass is 15.2. The Morgan fingerprint density at radius 1 is 1.10 bits per heavy atom. The lowest BCUT2D eigenvalue weighted by Gasteiger charge is -2.27. The van der Waals surface area contributed by atoms with E-state index in [-0.39, 0.29) is 5.41 Å². The second kappa shape index (κ2) is 6.20. The van der Waals surface area contributed by atoms with Crippen LogP contribution in [0.25, 0.3) is 11.4 Å². The molecule has 0 saturated heterocycles. The van der Waals surface area contributed by atoms with Crippen molar-refractivity contribution in [1.29, 1.82) is 0 Å². The van der Waals surface area contributed by atoms with E-state index in [1.54, 1.807) is 12.4 Å². The predicted octanol–water partition coefficient (Wildman–Crippen LogP) is 3.58. The molecule has 112 valence electrons. The van der Waals surface area contributed by atoms with Crippen LogP contribution in [-0.4, -0.2) is 28.5 Å². The summed E-state index contributed by atoms with van der Waals surface area (Å²) < 4.78 is 0. The van der Waals surface area contributed by atoms with E-state index in [1.165, 1.54) is 0 Å². The van der Waals surface area contributed by atoms with Crippen LogP contribution in [0.15, 0.2) is 30.6 Å². The van der Waals surface area contributed by atoms with Crippen LogP contribution >= 0.6 is 0 Å². The van der Waals surface area contributed by atoms with Crippen molar-refractivity contribution in [2.24, 2.45) is 5.41 Å². The van der Waals surface area contributed by atoms with Crippen LogP contribution in [0.4, 0.5) is 5.82 Å². The first-order valence-corrected chi connectivity index (χ1v) is 7.38. The van der Waals surface area contributed by atoms with Gasteiger partial charge in [0.05, 0.1) is 0 Å². The molecule has 2 rings (SSSR count). The molecule has 0 fully saturated rings. The molecule has 0 bridgehead atoms. The standard InChI is InChI=1S/C17H24N4/c1-6-14-11-15(21(5)12-17(2,3)4)20-16(19-14)13-7-9-18-10-8-13/h7-11H,6,12H2,1-5H3. The summed E-state index contributed by atoms with van der Waals surface area (Å²) in [6, 6.07) is 5.97. The van der Waals surface area contributed by atoms with Crippen LogP contribution < -0.4 is 4.90 Å². The molecule has 0 aliphatic carbocycles. The fourth-order valence-electron chi connectivity index (χ4n) is 2.28. The minimum Gasteiger partial charge on any atom is -0.359 e. The molecule has 21 heavy (non-hydrogen) atoms. The highest BCUT2D eigenvalue weighted by molar-refractivity contribution is 5.57. The summed E-state index contributed by atoms with van der Waals surface area (Å²) in [5.41, 5.74) is 2.29. The first kappa shape index (κ1) is 15.4. The minimum absolute atomic E-state index is 0.225. The Morgan fingerprint density at radius 2 is 1.76 bits per heavy atom. The number of aryl methyl sites for hydroxylation is 1. The maximum Gasteiger partial charge on any atom is 0.161 e. The van der Waals surface area contributed by atoms with Gasteiger partial charge >= 0.3 is 0 Å². The maximum atomic E-state index is 4.72. The van der Waals surface area contributed by atoms with Crippen LogP contribution in [0.1, 0.15) is 33.4 Å². The zero-order chi connectivity index (χ0) is 15.5. The zero-order valence-electron chi connectivity index (χ0n) is 13.6. The van der Waals surface area contributed by atoms with E-state index in [1.807, 2.05) is 12.1 Å². The van der Waals surface area contributed by atoms with Crippen molar-refractivity contribution < 1.29 is 0 Å². The van der Waals surface area contributed by atoms with Crippen molar-refractivity contribution in [2.45, 2.75) is 34.1 Å². The van der Waals surface area contributed by atoms with E-state index in [4.69, 9.17) is 4.98 Å². The fourth-order valence-corrected chi connectivity index (χ4v) is 2.28. The Morgan fingerprint density at radius 3 is 2.33 bits per heavy atom. The summed E-state index contributed by atoms with van der Waals surface area (Å²) >= 11 is 0. The SMILES string of the molecule is CCc1cc(N(C)CC(C)(C)C)nc(-c2ccncc2)n1. The monoisotopic (exact) mass is 284 g/mol. The normalized spacial score (nSPS) is 11.5. The number of anilines is 1. The maximum absolute atomic E-state index is 4.72. The molecule has 0 atom stereocenters. The summed E-state index contributed by atoms with van der Waals surface area (Å²) in [7, 11) is 2.09. The van der Waals surface area contributed by atoms with Crippen molar-refractivity contribution in [1.82, 2.24) is 15.0 Å². The molecule has 0 aromatic carbocycles. The third kappa shape index (κ3) is 4.25. The van der Waals surface area contributed by atoms with Gasteiger partial charge in [-0.25, -0.2) is 9.97 Å². The van der Waals surface area contributed by atoms with E-state index in [0.717, 1.165) is 35.9 Å². The lowest BCUT2D eigenvalue weighted by atomic mass is 9.96. The van der Waals surface area contributed by atoms with Gasteiger partial charge in [0.15, 0.2) is 5.82 Å². The topological polar surface area (TPSA) is 41.9 Å².